The molecule has 6 nitrogen and oxygen atoms in total. The van der Waals surface area contributed by atoms with E-state index in [1.807, 2.05) is 0 Å². The van der Waals surface area contributed by atoms with Crippen LogP contribution in [0.2, 0.25) is 0 Å². The summed E-state index contributed by atoms with van der Waals surface area (Å²) in [5.41, 5.74) is 0.417. The van der Waals surface area contributed by atoms with Crippen LogP contribution < -0.4 is 9.62 Å². The Hall–Kier alpha value is -1.90. The van der Waals surface area contributed by atoms with Gasteiger partial charge in [-0.1, -0.05) is 40.2 Å². The van der Waals surface area contributed by atoms with Crippen molar-refractivity contribution in [2.75, 3.05) is 24.0 Å². The smallest absolute Gasteiger partial charge is 0.264 e. The molecule has 27 heavy (non-hydrogen) atoms. The van der Waals surface area contributed by atoms with Gasteiger partial charge >= 0.3 is 0 Å². The maximum absolute atomic E-state index is 13.1. The molecule has 1 N–H and O–H groups in total. The van der Waals surface area contributed by atoms with Gasteiger partial charge in [-0.2, -0.15) is 0 Å². The minimum absolute atomic E-state index is 0.000926. The van der Waals surface area contributed by atoms with Crippen molar-refractivity contribution in [3.63, 3.8) is 0 Å². The molecule has 8 heteroatoms. The second kappa shape index (κ2) is 8.86. The predicted octanol–water partition coefficient (Wildman–Crippen LogP) is 2.94. The van der Waals surface area contributed by atoms with Crippen LogP contribution in [0.3, 0.4) is 0 Å². The molecular formula is C19H21BrN2O4S. The zero-order chi connectivity index (χ0) is 19.3. The van der Waals surface area contributed by atoms with Gasteiger partial charge in [0.25, 0.3) is 10.0 Å². The van der Waals surface area contributed by atoms with Gasteiger partial charge in [0.1, 0.15) is 6.54 Å². The number of carbonyl (C=O) groups excluding carboxylic acids is 1. The molecule has 1 aliphatic heterocycles. The first kappa shape index (κ1) is 19.9. The van der Waals surface area contributed by atoms with E-state index >= 15 is 0 Å². The van der Waals surface area contributed by atoms with Gasteiger partial charge in [0.15, 0.2) is 0 Å². The molecule has 0 aromatic heterocycles. The summed E-state index contributed by atoms with van der Waals surface area (Å²) in [6.45, 7) is 0.782. The third-order valence-corrected chi connectivity index (χ3v) is 6.55. The van der Waals surface area contributed by atoms with Crippen molar-refractivity contribution in [3.05, 3.63) is 59.1 Å². The highest BCUT2D eigenvalue weighted by Gasteiger charge is 2.27. The van der Waals surface area contributed by atoms with E-state index in [4.69, 9.17) is 4.74 Å². The lowest BCUT2D eigenvalue weighted by Crippen LogP contribution is -2.42. The highest BCUT2D eigenvalue weighted by Crippen LogP contribution is 2.26. The SMILES string of the molecule is O=C(CN(c1cccc(Br)c1)S(=O)(=O)c1ccccc1)NCC1CCCO1. The summed E-state index contributed by atoms with van der Waals surface area (Å²) in [5.74, 6) is -0.370. The van der Waals surface area contributed by atoms with Crippen LogP contribution in [0.4, 0.5) is 5.69 Å². The van der Waals surface area contributed by atoms with Gasteiger partial charge < -0.3 is 10.1 Å². The van der Waals surface area contributed by atoms with Gasteiger partial charge in [-0.25, -0.2) is 8.42 Å². The normalized spacial score (nSPS) is 16.9. The van der Waals surface area contributed by atoms with Crippen molar-refractivity contribution in [2.45, 2.75) is 23.8 Å². The van der Waals surface area contributed by atoms with Crippen LogP contribution in [0.1, 0.15) is 12.8 Å². The van der Waals surface area contributed by atoms with Gasteiger partial charge in [-0.3, -0.25) is 9.10 Å². The molecule has 0 aliphatic carbocycles. The number of amides is 1. The molecule has 3 rings (SSSR count). The fraction of sp³-hybridized carbons (Fsp3) is 0.316. The standard InChI is InChI=1S/C19H21BrN2O4S/c20-15-6-4-7-16(12-15)22(27(24,25)18-9-2-1-3-10-18)14-19(23)21-13-17-8-5-11-26-17/h1-4,6-7,9-10,12,17H,5,8,11,13-14H2,(H,21,23). The summed E-state index contributed by atoms with van der Waals surface area (Å²) in [6.07, 6.45) is 1.88. The number of halogens is 1. The first-order chi connectivity index (χ1) is 13.0. The van der Waals surface area contributed by atoms with Crippen LogP contribution >= 0.6 is 15.9 Å². The first-order valence-electron chi connectivity index (χ1n) is 8.68. The molecule has 144 valence electrons. The molecule has 2 aromatic carbocycles. The third kappa shape index (κ3) is 5.09. The summed E-state index contributed by atoms with van der Waals surface area (Å²) >= 11 is 3.36. The fourth-order valence-electron chi connectivity index (χ4n) is 2.89. The zero-order valence-corrected chi connectivity index (χ0v) is 17.1. The quantitative estimate of drug-likeness (QED) is 0.700. The summed E-state index contributed by atoms with van der Waals surface area (Å²) in [7, 11) is -3.88. The molecule has 0 bridgehead atoms. The highest BCUT2D eigenvalue weighted by molar-refractivity contribution is 9.10. The van der Waals surface area contributed by atoms with Crippen LogP contribution in [-0.2, 0) is 19.6 Å². The Morgan fingerprint density at radius 3 is 2.63 bits per heavy atom. The Labute approximate surface area is 167 Å². The number of carbonyl (C=O) groups is 1. The third-order valence-electron chi connectivity index (χ3n) is 4.27. The first-order valence-corrected chi connectivity index (χ1v) is 10.9. The van der Waals surface area contributed by atoms with Crippen molar-refractivity contribution < 1.29 is 17.9 Å². The number of hydrogen-bond acceptors (Lipinski definition) is 4. The number of sulfonamides is 1. The van der Waals surface area contributed by atoms with Crippen LogP contribution in [-0.4, -0.2) is 40.1 Å². The lowest BCUT2D eigenvalue weighted by molar-refractivity contribution is -0.120. The molecule has 0 spiro atoms. The summed E-state index contributed by atoms with van der Waals surface area (Å²) < 4.78 is 33.6. The van der Waals surface area contributed by atoms with Gasteiger partial charge in [0.2, 0.25) is 5.91 Å². The number of ether oxygens (including phenoxy) is 1. The van der Waals surface area contributed by atoms with Gasteiger partial charge in [0, 0.05) is 17.6 Å². The molecule has 1 unspecified atom stereocenters. The Morgan fingerprint density at radius 2 is 1.96 bits per heavy atom. The van der Waals surface area contributed by atoms with E-state index < -0.39 is 10.0 Å². The lowest BCUT2D eigenvalue weighted by Gasteiger charge is -2.24. The highest BCUT2D eigenvalue weighted by atomic mass is 79.9. The van der Waals surface area contributed by atoms with Crippen molar-refractivity contribution in [2.24, 2.45) is 0 Å². The van der Waals surface area contributed by atoms with E-state index in [0.29, 0.717) is 18.8 Å². The number of nitrogens with one attached hydrogen (secondary N) is 1. The lowest BCUT2D eigenvalue weighted by atomic mass is 10.2. The molecule has 0 radical (unpaired) electrons. The molecular weight excluding hydrogens is 432 g/mol. The Morgan fingerprint density at radius 1 is 1.19 bits per heavy atom. The number of rotatable bonds is 7. The fourth-order valence-corrected chi connectivity index (χ4v) is 4.71. The Balaban J connectivity index is 1.83. The van der Waals surface area contributed by atoms with Crippen LogP contribution in [0.25, 0.3) is 0 Å². The number of anilines is 1. The van der Waals surface area contributed by atoms with Crippen molar-refractivity contribution in [1.29, 1.82) is 0 Å². The predicted molar refractivity (Wildman–Crippen MR) is 107 cm³/mol. The van der Waals surface area contributed by atoms with E-state index in [0.717, 1.165) is 21.6 Å². The average molecular weight is 453 g/mol. The van der Waals surface area contributed by atoms with Gasteiger partial charge in [0.05, 0.1) is 16.7 Å². The molecule has 1 fully saturated rings. The Kier molecular flexibility index (Phi) is 6.51. The molecule has 1 heterocycles. The van der Waals surface area contributed by atoms with E-state index in [1.54, 1.807) is 42.5 Å². The van der Waals surface area contributed by atoms with Crippen molar-refractivity contribution in [1.82, 2.24) is 5.32 Å². The number of nitrogens with zero attached hydrogens (tertiary/aromatic N) is 1. The maximum Gasteiger partial charge on any atom is 0.264 e. The molecule has 2 aromatic rings. The summed E-state index contributed by atoms with van der Waals surface area (Å²) in [6, 6.07) is 15.0. The second-order valence-corrected chi connectivity index (χ2v) is 9.02. The molecule has 1 saturated heterocycles. The van der Waals surface area contributed by atoms with E-state index in [9.17, 15) is 13.2 Å². The number of benzene rings is 2. The topological polar surface area (TPSA) is 75.7 Å². The number of hydrogen-bond donors (Lipinski definition) is 1. The molecule has 1 aliphatic rings. The minimum atomic E-state index is -3.88. The van der Waals surface area contributed by atoms with E-state index in [-0.39, 0.29) is 23.5 Å². The second-order valence-electron chi connectivity index (χ2n) is 6.24. The summed E-state index contributed by atoms with van der Waals surface area (Å²) in [5, 5.41) is 2.78. The summed E-state index contributed by atoms with van der Waals surface area (Å²) in [4.78, 5) is 12.6. The van der Waals surface area contributed by atoms with E-state index in [1.165, 1.54) is 12.1 Å². The monoisotopic (exact) mass is 452 g/mol. The molecule has 0 saturated carbocycles. The van der Waals surface area contributed by atoms with Crippen LogP contribution in [0.15, 0.2) is 64.0 Å². The largest absolute Gasteiger partial charge is 0.376 e. The van der Waals surface area contributed by atoms with Crippen molar-refractivity contribution in [3.8, 4) is 0 Å². The average Bonchev–Trinajstić information content (AvgIpc) is 3.18. The zero-order valence-electron chi connectivity index (χ0n) is 14.7. The molecule has 1 atom stereocenters. The van der Waals surface area contributed by atoms with E-state index in [2.05, 4.69) is 21.2 Å². The van der Waals surface area contributed by atoms with Gasteiger partial charge in [-0.05, 0) is 43.2 Å². The Bertz CT molecular complexity index is 884. The van der Waals surface area contributed by atoms with Crippen LogP contribution in [0.5, 0.6) is 0 Å². The van der Waals surface area contributed by atoms with Crippen molar-refractivity contribution >= 4 is 37.5 Å². The van der Waals surface area contributed by atoms with Crippen LogP contribution in [0, 0.1) is 0 Å². The van der Waals surface area contributed by atoms with Gasteiger partial charge in [-0.15, -0.1) is 0 Å². The maximum atomic E-state index is 13.1. The minimum Gasteiger partial charge on any atom is -0.376 e. The molecule has 1 amide bonds.